The van der Waals surface area contributed by atoms with E-state index in [1.807, 2.05) is 0 Å². The van der Waals surface area contributed by atoms with Gasteiger partial charge < -0.3 is 15.9 Å². The van der Waals surface area contributed by atoms with Crippen molar-refractivity contribution in [2.75, 3.05) is 0 Å². The summed E-state index contributed by atoms with van der Waals surface area (Å²) in [6.07, 6.45) is -1.49. The third kappa shape index (κ3) is 6.36. The van der Waals surface area contributed by atoms with Crippen molar-refractivity contribution < 1.29 is 24.2 Å². The summed E-state index contributed by atoms with van der Waals surface area (Å²) in [5.74, 6) is -2.23. The van der Waals surface area contributed by atoms with Gasteiger partial charge in [-0.2, -0.15) is 0 Å². The fourth-order valence-corrected chi connectivity index (χ4v) is 0.969. The fraction of sp³-hybridized carbons (Fsp3) is 0.750. The summed E-state index contributed by atoms with van der Waals surface area (Å²) in [5.41, 5.74) is 5.09. The number of carbonyl (C=O) groups is 2. The number of halogens is 1. The van der Waals surface area contributed by atoms with Crippen molar-refractivity contribution in [1.29, 1.82) is 0 Å². The van der Waals surface area contributed by atoms with Crippen LogP contribution in [0.25, 0.3) is 0 Å². The lowest BCUT2D eigenvalue weighted by Gasteiger charge is -2.10. The smallest absolute Gasteiger partial charge is 0.320 e. The Morgan fingerprint density at radius 3 is 2.36 bits per heavy atom. The van der Waals surface area contributed by atoms with Gasteiger partial charge in [0.2, 0.25) is 0 Å². The van der Waals surface area contributed by atoms with Crippen molar-refractivity contribution in [2.24, 2.45) is 5.73 Å². The number of aliphatic carboxylic acids is 2. The molecule has 2 unspecified atom stereocenters. The van der Waals surface area contributed by atoms with Gasteiger partial charge in [-0.05, 0) is 12.8 Å². The molecule has 0 rings (SSSR count). The normalized spacial score (nSPS) is 14.7. The van der Waals surface area contributed by atoms with Crippen LogP contribution in [0.3, 0.4) is 0 Å². The van der Waals surface area contributed by atoms with Gasteiger partial charge in [0, 0.05) is 12.8 Å². The molecule has 0 aromatic rings. The van der Waals surface area contributed by atoms with Crippen LogP contribution in [0.15, 0.2) is 0 Å². The summed E-state index contributed by atoms with van der Waals surface area (Å²) < 4.78 is 12.9. The molecule has 0 fully saturated rings. The number of alkyl halides is 1. The van der Waals surface area contributed by atoms with Crippen LogP contribution in [-0.4, -0.2) is 34.4 Å². The number of hydrogen-bond acceptors (Lipinski definition) is 3. The fourth-order valence-electron chi connectivity index (χ4n) is 0.969. The highest BCUT2D eigenvalue weighted by molar-refractivity contribution is 5.73. The van der Waals surface area contributed by atoms with Crippen LogP contribution < -0.4 is 5.73 Å². The molecule has 5 nitrogen and oxygen atoms in total. The number of carboxylic acids is 2. The Kier molecular flexibility index (Phi) is 5.78. The minimum Gasteiger partial charge on any atom is -0.481 e. The van der Waals surface area contributed by atoms with Crippen molar-refractivity contribution in [1.82, 2.24) is 0 Å². The first-order valence-corrected chi connectivity index (χ1v) is 4.27. The standard InChI is InChI=1S/C8H14FNO4/c9-5(2-1-3-7(11)12)4-6(10)8(13)14/h5-6H,1-4,10H2,(H,11,12)(H,13,14)/i9-1. The quantitative estimate of drug-likeness (QED) is 0.559. The molecule has 4 N–H and O–H groups in total. The first-order chi connectivity index (χ1) is 6.43. The van der Waals surface area contributed by atoms with Crippen molar-refractivity contribution in [3.63, 3.8) is 0 Å². The summed E-state index contributed by atoms with van der Waals surface area (Å²) in [6.45, 7) is 0. The average Bonchev–Trinajstić information content (AvgIpc) is 2.02. The van der Waals surface area contributed by atoms with Crippen LogP contribution in [0.1, 0.15) is 25.7 Å². The SMILES string of the molecule is NC(CC([18F])CCCC(=O)O)C(=O)O. The van der Waals surface area contributed by atoms with Crippen LogP contribution in [0.4, 0.5) is 4.39 Å². The first kappa shape index (κ1) is 12.8. The maximum Gasteiger partial charge on any atom is 0.320 e. The maximum atomic E-state index is 12.9. The van der Waals surface area contributed by atoms with E-state index in [-0.39, 0.29) is 25.7 Å². The second-order valence-corrected chi connectivity index (χ2v) is 3.06. The van der Waals surface area contributed by atoms with Gasteiger partial charge in [-0.25, -0.2) is 4.39 Å². The number of carboxylic acid groups (broad SMARTS) is 2. The van der Waals surface area contributed by atoms with E-state index >= 15 is 0 Å². The van der Waals surface area contributed by atoms with E-state index in [2.05, 4.69) is 0 Å². The average molecular weight is 206 g/mol. The Morgan fingerprint density at radius 2 is 1.93 bits per heavy atom. The van der Waals surface area contributed by atoms with E-state index in [9.17, 15) is 14.0 Å². The minimum atomic E-state index is -1.35. The van der Waals surface area contributed by atoms with Crippen molar-refractivity contribution in [3.8, 4) is 0 Å². The molecular weight excluding hydrogens is 192 g/mol. The Balaban J connectivity index is 3.59. The van der Waals surface area contributed by atoms with E-state index < -0.39 is 24.2 Å². The zero-order valence-corrected chi connectivity index (χ0v) is 7.65. The molecule has 6 heteroatoms. The molecule has 0 bridgehead atoms. The van der Waals surface area contributed by atoms with E-state index in [0.717, 1.165) is 0 Å². The van der Waals surface area contributed by atoms with Gasteiger partial charge in [0.1, 0.15) is 12.2 Å². The van der Waals surface area contributed by atoms with Crippen molar-refractivity contribution in [3.05, 3.63) is 0 Å². The number of hydrogen-bond donors (Lipinski definition) is 3. The molecule has 0 aliphatic carbocycles. The van der Waals surface area contributed by atoms with Gasteiger partial charge in [0.05, 0.1) is 0 Å². The van der Waals surface area contributed by atoms with E-state index in [0.29, 0.717) is 0 Å². The summed E-state index contributed by atoms with van der Waals surface area (Å²) >= 11 is 0. The highest BCUT2D eigenvalue weighted by Crippen LogP contribution is 2.10. The van der Waals surface area contributed by atoms with Crippen LogP contribution in [0.5, 0.6) is 0 Å². The number of nitrogens with two attached hydrogens (primary N) is 1. The first-order valence-electron chi connectivity index (χ1n) is 4.27. The molecule has 0 aliphatic heterocycles. The van der Waals surface area contributed by atoms with Crippen molar-refractivity contribution >= 4 is 11.9 Å². The summed E-state index contributed by atoms with van der Waals surface area (Å²) in [5, 5.41) is 16.6. The lowest BCUT2D eigenvalue weighted by atomic mass is 10.1. The van der Waals surface area contributed by atoms with Gasteiger partial charge in [-0.3, -0.25) is 9.59 Å². The summed E-state index contributed by atoms with van der Waals surface area (Å²) in [4.78, 5) is 20.3. The molecule has 82 valence electrons. The monoisotopic (exact) mass is 206 g/mol. The Labute approximate surface area is 80.7 Å². The van der Waals surface area contributed by atoms with Gasteiger partial charge in [-0.1, -0.05) is 0 Å². The molecule has 0 saturated heterocycles. The molecule has 0 aliphatic rings. The second-order valence-electron chi connectivity index (χ2n) is 3.06. The highest BCUT2D eigenvalue weighted by Gasteiger charge is 2.17. The molecule has 0 radical (unpaired) electrons. The van der Waals surface area contributed by atoms with Crippen LogP contribution in [0.2, 0.25) is 0 Å². The van der Waals surface area contributed by atoms with Gasteiger partial charge in [-0.15, -0.1) is 0 Å². The Hall–Kier alpha value is -1.17. The molecule has 0 aromatic carbocycles. The van der Waals surface area contributed by atoms with Gasteiger partial charge >= 0.3 is 11.9 Å². The van der Waals surface area contributed by atoms with Crippen LogP contribution in [-0.2, 0) is 9.59 Å². The molecule has 14 heavy (non-hydrogen) atoms. The topological polar surface area (TPSA) is 101 Å². The minimum absolute atomic E-state index is 0.0350. The van der Waals surface area contributed by atoms with E-state index in [4.69, 9.17) is 15.9 Å². The predicted molar refractivity (Wildman–Crippen MR) is 46.6 cm³/mol. The molecule has 0 heterocycles. The third-order valence-electron chi connectivity index (χ3n) is 1.73. The Bertz CT molecular complexity index is 210. The zero-order chi connectivity index (χ0) is 11.1. The Morgan fingerprint density at radius 1 is 1.36 bits per heavy atom. The lowest BCUT2D eigenvalue weighted by Crippen LogP contribution is -2.32. The van der Waals surface area contributed by atoms with Gasteiger partial charge in [0.25, 0.3) is 0 Å². The van der Waals surface area contributed by atoms with Crippen molar-refractivity contribution in [2.45, 2.75) is 37.9 Å². The van der Waals surface area contributed by atoms with Gasteiger partial charge in [0.15, 0.2) is 0 Å². The third-order valence-corrected chi connectivity index (χ3v) is 1.73. The molecular formula is C8H14FNO4. The predicted octanol–water partition coefficient (Wildman–Crippen LogP) is 0.381. The van der Waals surface area contributed by atoms with Crippen LogP contribution >= 0.6 is 0 Å². The van der Waals surface area contributed by atoms with Crippen LogP contribution in [0, 0.1) is 0 Å². The molecule has 2 atom stereocenters. The highest BCUT2D eigenvalue weighted by atomic mass is 18.2. The summed E-state index contributed by atoms with van der Waals surface area (Å²) in [6, 6.07) is -1.21. The largest absolute Gasteiger partial charge is 0.481 e. The molecule has 0 saturated carbocycles. The summed E-state index contributed by atoms with van der Waals surface area (Å²) in [7, 11) is 0. The van der Waals surface area contributed by atoms with E-state index in [1.54, 1.807) is 0 Å². The van der Waals surface area contributed by atoms with E-state index in [1.165, 1.54) is 0 Å². The maximum absolute atomic E-state index is 12.9. The number of rotatable bonds is 7. The second kappa shape index (κ2) is 6.31. The molecule has 0 amide bonds. The zero-order valence-electron chi connectivity index (χ0n) is 7.65. The lowest BCUT2D eigenvalue weighted by molar-refractivity contribution is -0.139. The molecule has 0 aromatic heterocycles. The molecule has 0 spiro atoms.